The van der Waals surface area contributed by atoms with Crippen LogP contribution in [-0.4, -0.2) is 33.3 Å². The summed E-state index contributed by atoms with van der Waals surface area (Å²) >= 11 is 0. The number of piperidine rings is 1. The van der Waals surface area contributed by atoms with Crippen molar-refractivity contribution in [1.29, 1.82) is 0 Å². The van der Waals surface area contributed by atoms with E-state index in [2.05, 4.69) is 15.0 Å². The van der Waals surface area contributed by atoms with Crippen LogP contribution in [0.5, 0.6) is 11.5 Å². The number of nitrogens with zero attached hydrogens (tertiary/aromatic N) is 3. The molecular formula is C22H23F2N3O3. The van der Waals surface area contributed by atoms with Crippen LogP contribution < -0.4 is 4.74 Å². The van der Waals surface area contributed by atoms with Crippen molar-refractivity contribution in [1.82, 2.24) is 15.0 Å². The monoisotopic (exact) mass is 415 g/mol. The summed E-state index contributed by atoms with van der Waals surface area (Å²) in [7, 11) is 0. The van der Waals surface area contributed by atoms with Crippen LogP contribution in [0.15, 0.2) is 47.0 Å². The van der Waals surface area contributed by atoms with Crippen molar-refractivity contribution in [2.75, 3.05) is 13.2 Å². The molecule has 2 heterocycles. The molecule has 0 bridgehead atoms. The molecule has 3 aromatic rings. The first-order valence-electron chi connectivity index (χ1n) is 10.0. The summed E-state index contributed by atoms with van der Waals surface area (Å²) in [5, 5.41) is 14.1. The van der Waals surface area contributed by atoms with E-state index in [1.165, 1.54) is 18.2 Å². The van der Waals surface area contributed by atoms with Gasteiger partial charge in [-0.25, -0.2) is 8.78 Å². The Hall–Kier alpha value is -3.00. The fourth-order valence-corrected chi connectivity index (χ4v) is 3.66. The maximum absolute atomic E-state index is 13.7. The van der Waals surface area contributed by atoms with E-state index in [1.807, 2.05) is 0 Å². The molecule has 0 aliphatic carbocycles. The van der Waals surface area contributed by atoms with Gasteiger partial charge >= 0.3 is 0 Å². The lowest BCUT2D eigenvalue weighted by Gasteiger charge is -2.33. The molecule has 2 aromatic carbocycles. The number of aromatic hydroxyl groups is 1. The van der Waals surface area contributed by atoms with Gasteiger partial charge in [0.25, 0.3) is 0 Å². The molecule has 1 N–H and O–H groups in total. The average molecular weight is 415 g/mol. The Balaban J connectivity index is 1.39. The summed E-state index contributed by atoms with van der Waals surface area (Å²) in [5.41, 5.74) is 0.536. The number of aromatic nitrogens is 2. The minimum Gasteiger partial charge on any atom is -0.505 e. The molecule has 1 saturated heterocycles. The third-order valence-corrected chi connectivity index (χ3v) is 5.23. The molecule has 1 unspecified atom stereocenters. The lowest BCUT2D eigenvalue weighted by Crippen LogP contribution is -2.33. The minimum absolute atomic E-state index is 0.0827. The Morgan fingerprint density at radius 3 is 2.80 bits per heavy atom. The maximum atomic E-state index is 13.7. The van der Waals surface area contributed by atoms with E-state index in [0.29, 0.717) is 42.6 Å². The third kappa shape index (κ3) is 4.76. The molecular weight excluding hydrogens is 392 g/mol. The highest BCUT2D eigenvalue weighted by molar-refractivity contribution is 5.33. The summed E-state index contributed by atoms with van der Waals surface area (Å²) in [6.07, 6.45) is 3.35. The Bertz CT molecular complexity index is 978. The summed E-state index contributed by atoms with van der Waals surface area (Å²) in [4.78, 5) is 6.64. The Labute approximate surface area is 173 Å². The summed E-state index contributed by atoms with van der Waals surface area (Å²) < 4.78 is 37.7. The number of phenolic OH excluding ortho intramolecular Hbond substituents is 1. The second kappa shape index (κ2) is 9.21. The highest BCUT2D eigenvalue weighted by Gasteiger charge is 2.29. The first-order valence-corrected chi connectivity index (χ1v) is 10.0. The first-order chi connectivity index (χ1) is 14.6. The van der Waals surface area contributed by atoms with Crippen molar-refractivity contribution in [2.24, 2.45) is 0 Å². The van der Waals surface area contributed by atoms with Crippen LogP contribution in [0.3, 0.4) is 0 Å². The van der Waals surface area contributed by atoms with Gasteiger partial charge in [0.05, 0.1) is 12.6 Å². The molecule has 6 nitrogen and oxygen atoms in total. The topological polar surface area (TPSA) is 71.6 Å². The van der Waals surface area contributed by atoms with Crippen molar-refractivity contribution in [3.8, 4) is 11.5 Å². The van der Waals surface area contributed by atoms with Crippen LogP contribution >= 0.6 is 0 Å². The van der Waals surface area contributed by atoms with Crippen LogP contribution in [0, 0.1) is 11.6 Å². The van der Waals surface area contributed by atoms with E-state index in [-0.39, 0.29) is 17.6 Å². The molecule has 0 amide bonds. The number of ether oxygens (including phenoxy) is 1. The van der Waals surface area contributed by atoms with Crippen LogP contribution in [0.2, 0.25) is 0 Å². The van der Waals surface area contributed by atoms with Crippen molar-refractivity contribution >= 4 is 0 Å². The van der Waals surface area contributed by atoms with Crippen LogP contribution in [0.1, 0.15) is 42.6 Å². The molecule has 0 spiro atoms. The number of phenols is 1. The third-order valence-electron chi connectivity index (χ3n) is 5.23. The highest BCUT2D eigenvalue weighted by Crippen LogP contribution is 2.33. The van der Waals surface area contributed by atoms with Crippen LogP contribution in [0.25, 0.3) is 0 Å². The molecule has 30 heavy (non-hydrogen) atoms. The van der Waals surface area contributed by atoms with Crippen molar-refractivity contribution in [3.63, 3.8) is 0 Å². The van der Waals surface area contributed by atoms with Crippen molar-refractivity contribution in [2.45, 2.75) is 38.3 Å². The number of para-hydroxylation sites is 1. The SMILES string of the molecule is Oc1c(F)cccc1CN1CCCCC1c1nc(CCOc2ccc(F)cc2)no1. The lowest BCUT2D eigenvalue weighted by molar-refractivity contribution is 0.110. The van der Waals surface area contributed by atoms with Crippen LogP contribution in [-0.2, 0) is 13.0 Å². The quantitative estimate of drug-likeness (QED) is 0.617. The largest absolute Gasteiger partial charge is 0.505 e. The molecule has 0 radical (unpaired) electrons. The van der Waals surface area contributed by atoms with E-state index in [0.717, 1.165) is 25.8 Å². The van der Waals surface area contributed by atoms with Crippen LogP contribution in [0.4, 0.5) is 8.78 Å². The number of hydrogen-bond acceptors (Lipinski definition) is 6. The Morgan fingerprint density at radius 2 is 1.97 bits per heavy atom. The van der Waals surface area contributed by atoms with Crippen molar-refractivity contribution < 1.29 is 23.1 Å². The van der Waals surface area contributed by atoms with Gasteiger partial charge in [0.15, 0.2) is 17.4 Å². The second-order valence-corrected chi connectivity index (χ2v) is 7.33. The highest BCUT2D eigenvalue weighted by atomic mass is 19.1. The fourth-order valence-electron chi connectivity index (χ4n) is 3.66. The van der Waals surface area contributed by atoms with E-state index < -0.39 is 5.82 Å². The molecule has 1 atom stereocenters. The maximum Gasteiger partial charge on any atom is 0.244 e. The lowest BCUT2D eigenvalue weighted by atomic mass is 10.0. The molecule has 1 aromatic heterocycles. The number of halogens is 2. The molecule has 1 aliphatic heterocycles. The summed E-state index contributed by atoms with van der Waals surface area (Å²) in [6, 6.07) is 10.3. The zero-order valence-electron chi connectivity index (χ0n) is 16.4. The van der Waals surface area contributed by atoms with Gasteiger partial charge in [-0.3, -0.25) is 4.90 Å². The zero-order chi connectivity index (χ0) is 20.9. The molecule has 0 saturated carbocycles. The smallest absolute Gasteiger partial charge is 0.244 e. The second-order valence-electron chi connectivity index (χ2n) is 7.33. The summed E-state index contributed by atoms with van der Waals surface area (Å²) in [6.45, 7) is 1.54. The molecule has 158 valence electrons. The van der Waals surface area contributed by atoms with Gasteiger partial charge in [0, 0.05) is 18.5 Å². The number of likely N-dealkylation sites (tertiary alicyclic amines) is 1. The first kappa shape index (κ1) is 20.3. The normalized spacial score (nSPS) is 17.2. The minimum atomic E-state index is -0.623. The van der Waals surface area contributed by atoms with E-state index in [4.69, 9.17) is 9.26 Å². The molecule has 1 fully saturated rings. The van der Waals surface area contributed by atoms with Gasteiger partial charge < -0.3 is 14.4 Å². The van der Waals surface area contributed by atoms with E-state index in [9.17, 15) is 13.9 Å². The summed E-state index contributed by atoms with van der Waals surface area (Å²) in [5.74, 6) is 0.379. The standard InChI is InChI=1S/C22H23F2N3O3/c23-16-7-9-17(10-8-16)29-13-11-20-25-22(30-26-20)19-6-1-2-12-27(19)14-15-4-3-5-18(24)21(15)28/h3-5,7-10,19,28H,1-2,6,11-14H2. The molecule has 4 rings (SSSR count). The van der Waals surface area contributed by atoms with Gasteiger partial charge in [-0.05, 0) is 49.7 Å². The van der Waals surface area contributed by atoms with Gasteiger partial charge in [-0.1, -0.05) is 23.7 Å². The van der Waals surface area contributed by atoms with Gasteiger partial charge in [0.2, 0.25) is 5.89 Å². The number of benzene rings is 2. The van der Waals surface area contributed by atoms with E-state index >= 15 is 0 Å². The van der Waals surface area contributed by atoms with Gasteiger partial charge in [-0.2, -0.15) is 4.98 Å². The number of rotatable bonds is 7. The van der Waals surface area contributed by atoms with Gasteiger partial charge in [-0.15, -0.1) is 0 Å². The van der Waals surface area contributed by atoms with E-state index in [1.54, 1.807) is 24.3 Å². The fraction of sp³-hybridized carbons (Fsp3) is 0.364. The van der Waals surface area contributed by atoms with Crippen molar-refractivity contribution in [3.05, 3.63) is 71.4 Å². The predicted molar refractivity (Wildman–Crippen MR) is 105 cm³/mol. The molecule has 8 heteroatoms. The predicted octanol–water partition coefficient (Wildman–Crippen LogP) is 4.40. The molecule has 1 aliphatic rings. The Kier molecular flexibility index (Phi) is 6.23. The van der Waals surface area contributed by atoms with Gasteiger partial charge in [0.1, 0.15) is 11.6 Å². The number of hydrogen-bond donors (Lipinski definition) is 1. The Morgan fingerprint density at radius 1 is 1.13 bits per heavy atom. The zero-order valence-corrected chi connectivity index (χ0v) is 16.4. The average Bonchev–Trinajstić information content (AvgIpc) is 3.22.